The Hall–Kier alpha value is -2.29. The lowest BCUT2D eigenvalue weighted by atomic mass is 10.1. The number of benzene rings is 1. The van der Waals surface area contributed by atoms with E-state index in [2.05, 4.69) is 16.0 Å². The van der Waals surface area contributed by atoms with E-state index >= 15 is 0 Å². The predicted octanol–water partition coefficient (Wildman–Crippen LogP) is 2.12. The second-order valence-corrected chi connectivity index (χ2v) is 3.98. The molecule has 3 rings (SSSR count). The van der Waals surface area contributed by atoms with Gasteiger partial charge in [0.2, 0.25) is 5.91 Å². The highest BCUT2D eigenvalue weighted by Crippen LogP contribution is 2.19. The maximum Gasteiger partial charge on any atom is 0.244 e. The van der Waals surface area contributed by atoms with E-state index < -0.39 is 0 Å². The molecular formula is C14H12N2O. The highest BCUT2D eigenvalue weighted by atomic mass is 16.1. The number of aromatic nitrogens is 1. The van der Waals surface area contributed by atoms with Gasteiger partial charge >= 0.3 is 0 Å². The van der Waals surface area contributed by atoms with Crippen LogP contribution in [0.1, 0.15) is 11.3 Å². The number of nitrogens with one attached hydrogen (secondary N) is 1. The van der Waals surface area contributed by atoms with Crippen LogP contribution in [0, 0.1) is 0 Å². The standard InChI is InChI=1S/C14H12N2O/c17-14-8-7-12-5-3-9-16(12)13-6-2-1-4-11(13)10-15-14/h1-9H,10H2,(H,15,17)/b8-7-. The second kappa shape index (κ2) is 3.94. The van der Waals surface area contributed by atoms with Crippen molar-refractivity contribution in [1.29, 1.82) is 0 Å². The highest BCUT2D eigenvalue weighted by Gasteiger charge is 2.09. The summed E-state index contributed by atoms with van der Waals surface area (Å²) in [4.78, 5) is 11.5. The summed E-state index contributed by atoms with van der Waals surface area (Å²) in [5.41, 5.74) is 3.23. The molecule has 17 heavy (non-hydrogen) atoms. The first-order chi connectivity index (χ1) is 8.34. The molecule has 0 unspecified atom stereocenters. The Morgan fingerprint density at radius 3 is 2.88 bits per heavy atom. The Balaban J connectivity index is 2.23. The number of carbonyl (C=O) groups excluding carboxylic acids is 1. The van der Waals surface area contributed by atoms with Crippen molar-refractivity contribution in [2.45, 2.75) is 6.54 Å². The molecule has 0 bridgehead atoms. The zero-order chi connectivity index (χ0) is 11.7. The zero-order valence-corrected chi connectivity index (χ0v) is 9.26. The lowest BCUT2D eigenvalue weighted by Gasteiger charge is -2.11. The Morgan fingerprint density at radius 1 is 1.06 bits per heavy atom. The third kappa shape index (κ3) is 1.76. The van der Waals surface area contributed by atoms with Crippen molar-refractivity contribution in [3.63, 3.8) is 0 Å². The van der Waals surface area contributed by atoms with Gasteiger partial charge in [0.15, 0.2) is 0 Å². The Kier molecular flexibility index (Phi) is 2.29. The van der Waals surface area contributed by atoms with E-state index in [4.69, 9.17) is 0 Å². The Morgan fingerprint density at radius 2 is 1.94 bits per heavy atom. The minimum atomic E-state index is -0.0607. The topological polar surface area (TPSA) is 34.0 Å². The number of carbonyl (C=O) groups is 1. The number of nitrogens with zero attached hydrogens (tertiary/aromatic N) is 1. The van der Waals surface area contributed by atoms with Crippen LogP contribution in [-0.4, -0.2) is 10.5 Å². The fourth-order valence-electron chi connectivity index (χ4n) is 2.05. The van der Waals surface area contributed by atoms with Crippen molar-refractivity contribution in [3.05, 3.63) is 59.9 Å². The number of fused-ring (bicyclic) bond motifs is 3. The molecule has 1 aliphatic heterocycles. The summed E-state index contributed by atoms with van der Waals surface area (Å²) in [5.74, 6) is -0.0607. The highest BCUT2D eigenvalue weighted by molar-refractivity contribution is 5.91. The number of hydrogen-bond acceptors (Lipinski definition) is 1. The van der Waals surface area contributed by atoms with Crippen LogP contribution in [0.25, 0.3) is 11.8 Å². The van der Waals surface area contributed by atoms with Gasteiger partial charge in [0, 0.05) is 24.5 Å². The van der Waals surface area contributed by atoms with E-state index in [1.165, 1.54) is 0 Å². The number of rotatable bonds is 0. The monoisotopic (exact) mass is 224 g/mol. The summed E-state index contributed by atoms with van der Waals surface area (Å²) in [6, 6.07) is 12.1. The summed E-state index contributed by atoms with van der Waals surface area (Å²) in [5, 5.41) is 2.87. The first-order valence-corrected chi connectivity index (χ1v) is 5.56. The molecule has 2 aromatic rings. The molecule has 1 aromatic carbocycles. The molecule has 0 saturated heterocycles. The number of hydrogen-bond donors (Lipinski definition) is 1. The average Bonchev–Trinajstić information content (AvgIpc) is 2.82. The van der Waals surface area contributed by atoms with Crippen LogP contribution < -0.4 is 5.32 Å². The van der Waals surface area contributed by atoms with Crippen LogP contribution >= 0.6 is 0 Å². The van der Waals surface area contributed by atoms with Gasteiger partial charge in [0.05, 0.1) is 5.69 Å². The first-order valence-electron chi connectivity index (χ1n) is 5.56. The van der Waals surface area contributed by atoms with Gasteiger partial charge in [-0.1, -0.05) is 18.2 Å². The van der Waals surface area contributed by atoms with Crippen molar-refractivity contribution in [2.75, 3.05) is 0 Å². The molecule has 1 N–H and O–H groups in total. The average molecular weight is 224 g/mol. The SMILES string of the molecule is O=C1/C=C\c2cccn2-c2ccccc2CN1. The Bertz CT molecular complexity index is 596. The van der Waals surface area contributed by atoms with Crippen molar-refractivity contribution in [2.24, 2.45) is 0 Å². The molecule has 0 saturated carbocycles. The van der Waals surface area contributed by atoms with Crippen molar-refractivity contribution >= 4 is 12.0 Å². The van der Waals surface area contributed by atoms with Crippen LogP contribution in [0.15, 0.2) is 48.7 Å². The van der Waals surface area contributed by atoms with E-state index in [0.717, 1.165) is 16.9 Å². The Labute approximate surface area is 99.4 Å². The van der Waals surface area contributed by atoms with Crippen LogP contribution in [0.4, 0.5) is 0 Å². The number of amides is 1. The van der Waals surface area contributed by atoms with Crippen molar-refractivity contribution in [3.8, 4) is 5.69 Å². The van der Waals surface area contributed by atoms with E-state index in [1.54, 1.807) is 6.08 Å². The van der Waals surface area contributed by atoms with E-state index in [1.807, 2.05) is 42.6 Å². The minimum absolute atomic E-state index is 0.0607. The maximum atomic E-state index is 11.5. The quantitative estimate of drug-likeness (QED) is 0.730. The van der Waals surface area contributed by atoms with Gasteiger partial charge in [0.25, 0.3) is 0 Å². The van der Waals surface area contributed by atoms with Crippen LogP contribution in [0.5, 0.6) is 0 Å². The van der Waals surface area contributed by atoms with Gasteiger partial charge in [-0.25, -0.2) is 0 Å². The van der Waals surface area contributed by atoms with Gasteiger partial charge in [-0.3, -0.25) is 4.79 Å². The van der Waals surface area contributed by atoms with Gasteiger partial charge < -0.3 is 9.88 Å². The number of para-hydroxylation sites is 1. The van der Waals surface area contributed by atoms with E-state index in [9.17, 15) is 4.79 Å². The van der Waals surface area contributed by atoms with Crippen molar-refractivity contribution in [1.82, 2.24) is 9.88 Å². The zero-order valence-electron chi connectivity index (χ0n) is 9.26. The van der Waals surface area contributed by atoms with Crippen LogP contribution in [-0.2, 0) is 11.3 Å². The molecule has 0 radical (unpaired) electrons. The summed E-state index contributed by atoms with van der Waals surface area (Å²) in [6.45, 7) is 0.553. The van der Waals surface area contributed by atoms with E-state index in [0.29, 0.717) is 6.54 Å². The summed E-state index contributed by atoms with van der Waals surface area (Å²) >= 11 is 0. The molecule has 3 nitrogen and oxygen atoms in total. The van der Waals surface area contributed by atoms with Gasteiger partial charge in [-0.15, -0.1) is 0 Å². The van der Waals surface area contributed by atoms with Gasteiger partial charge in [-0.05, 0) is 29.8 Å². The second-order valence-electron chi connectivity index (χ2n) is 3.98. The lowest BCUT2D eigenvalue weighted by molar-refractivity contribution is -0.116. The summed E-state index contributed by atoms with van der Waals surface area (Å²) < 4.78 is 2.09. The molecule has 0 atom stereocenters. The van der Waals surface area contributed by atoms with E-state index in [-0.39, 0.29) is 5.91 Å². The molecule has 3 heteroatoms. The molecule has 0 fully saturated rings. The largest absolute Gasteiger partial charge is 0.348 e. The van der Waals surface area contributed by atoms with Crippen LogP contribution in [0.2, 0.25) is 0 Å². The van der Waals surface area contributed by atoms with Crippen molar-refractivity contribution < 1.29 is 4.79 Å². The third-order valence-corrected chi connectivity index (χ3v) is 2.89. The normalized spacial score (nSPS) is 15.9. The van der Waals surface area contributed by atoms with Crippen LogP contribution in [0.3, 0.4) is 0 Å². The fraction of sp³-hybridized carbons (Fsp3) is 0.0714. The predicted molar refractivity (Wildman–Crippen MR) is 66.6 cm³/mol. The van der Waals surface area contributed by atoms with Gasteiger partial charge in [0.1, 0.15) is 0 Å². The molecular weight excluding hydrogens is 212 g/mol. The maximum absolute atomic E-state index is 11.5. The molecule has 1 aromatic heterocycles. The first kappa shape index (κ1) is 9.90. The fourth-order valence-corrected chi connectivity index (χ4v) is 2.05. The third-order valence-electron chi connectivity index (χ3n) is 2.89. The minimum Gasteiger partial charge on any atom is -0.348 e. The summed E-state index contributed by atoms with van der Waals surface area (Å²) in [7, 11) is 0. The smallest absolute Gasteiger partial charge is 0.244 e. The molecule has 0 aliphatic carbocycles. The lowest BCUT2D eigenvalue weighted by Crippen LogP contribution is -2.20. The molecule has 2 heterocycles. The molecule has 1 amide bonds. The van der Waals surface area contributed by atoms with Gasteiger partial charge in [-0.2, -0.15) is 0 Å². The molecule has 1 aliphatic rings. The summed E-state index contributed by atoms with van der Waals surface area (Å²) in [6.07, 6.45) is 5.41. The molecule has 84 valence electrons. The molecule has 0 spiro atoms.